The van der Waals surface area contributed by atoms with Gasteiger partial charge in [-0.2, -0.15) is 0 Å². The fourth-order valence-electron chi connectivity index (χ4n) is 2.12. The Balaban J connectivity index is 1.69. The molecule has 2 N–H and O–H groups in total. The number of hydrogen-bond acceptors (Lipinski definition) is 3. The van der Waals surface area contributed by atoms with Crippen molar-refractivity contribution in [1.82, 2.24) is 5.32 Å². The standard InChI is InChI=1S/C17H18ClNO2/c18-16-9-12(10-19-14-5-6-14)4-7-17(16)21-15-3-1-2-13(8-15)11-20/h1-4,7-9,14,19-20H,5-6,10-11H2. The van der Waals surface area contributed by atoms with E-state index in [1.54, 1.807) is 6.07 Å². The second-order valence-electron chi connectivity index (χ2n) is 5.33. The summed E-state index contributed by atoms with van der Waals surface area (Å²) in [5.74, 6) is 1.30. The molecule has 2 aromatic rings. The van der Waals surface area contributed by atoms with E-state index in [-0.39, 0.29) is 6.61 Å². The summed E-state index contributed by atoms with van der Waals surface area (Å²) in [4.78, 5) is 0. The third-order valence-corrected chi connectivity index (χ3v) is 3.77. The number of aliphatic hydroxyl groups is 1. The Morgan fingerprint density at radius 1 is 1.14 bits per heavy atom. The van der Waals surface area contributed by atoms with Crippen LogP contribution in [-0.4, -0.2) is 11.1 Å². The number of aliphatic hydroxyl groups excluding tert-OH is 1. The molecule has 0 unspecified atom stereocenters. The van der Waals surface area contributed by atoms with Gasteiger partial charge in [0.1, 0.15) is 11.5 Å². The number of benzene rings is 2. The first kappa shape index (κ1) is 14.4. The van der Waals surface area contributed by atoms with Gasteiger partial charge in [-0.25, -0.2) is 0 Å². The van der Waals surface area contributed by atoms with E-state index in [2.05, 4.69) is 5.32 Å². The maximum absolute atomic E-state index is 9.14. The zero-order valence-electron chi connectivity index (χ0n) is 11.7. The lowest BCUT2D eigenvalue weighted by atomic mass is 10.2. The average molecular weight is 304 g/mol. The van der Waals surface area contributed by atoms with E-state index in [9.17, 15) is 0 Å². The highest BCUT2D eigenvalue weighted by Gasteiger charge is 2.20. The van der Waals surface area contributed by atoms with E-state index in [4.69, 9.17) is 21.4 Å². The van der Waals surface area contributed by atoms with Crippen molar-refractivity contribution in [3.05, 3.63) is 58.6 Å². The monoisotopic (exact) mass is 303 g/mol. The Hall–Kier alpha value is -1.55. The fraction of sp³-hybridized carbons (Fsp3) is 0.294. The second-order valence-corrected chi connectivity index (χ2v) is 5.73. The van der Waals surface area contributed by atoms with Gasteiger partial charge in [0.2, 0.25) is 0 Å². The van der Waals surface area contributed by atoms with Gasteiger partial charge in [-0.3, -0.25) is 0 Å². The van der Waals surface area contributed by atoms with Crippen molar-refractivity contribution in [3.63, 3.8) is 0 Å². The minimum Gasteiger partial charge on any atom is -0.456 e. The van der Waals surface area contributed by atoms with Crippen LogP contribution in [0.3, 0.4) is 0 Å². The summed E-state index contributed by atoms with van der Waals surface area (Å²) in [6.45, 7) is 0.835. The Morgan fingerprint density at radius 2 is 2.00 bits per heavy atom. The van der Waals surface area contributed by atoms with Gasteiger partial charge in [0.05, 0.1) is 11.6 Å². The molecular weight excluding hydrogens is 286 g/mol. The molecule has 0 radical (unpaired) electrons. The Morgan fingerprint density at radius 3 is 2.71 bits per heavy atom. The molecular formula is C17H18ClNO2. The largest absolute Gasteiger partial charge is 0.456 e. The molecule has 0 heterocycles. The van der Waals surface area contributed by atoms with Crippen LogP contribution in [0.5, 0.6) is 11.5 Å². The van der Waals surface area contributed by atoms with Gasteiger partial charge in [0, 0.05) is 12.6 Å². The van der Waals surface area contributed by atoms with Gasteiger partial charge in [0.15, 0.2) is 0 Å². The Kier molecular flexibility index (Phi) is 4.44. The first-order valence-corrected chi connectivity index (χ1v) is 7.52. The lowest BCUT2D eigenvalue weighted by Gasteiger charge is -2.10. The van der Waals surface area contributed by atoms with Gasteiger partial charge in [-0.1, -0.05) is 29.8 Å². The van der Waals surface area contributed by atoms with Crippen LogP contribution in [0.15, 0.2) is 42.5 Å². The SMILES string of the molecule is OCc1cccc(Oc2ccc(CNC3CC3)cc2Cl)c1. The van der Waals surface area contributed by atoms with Crippen molar-refractivity contribution in [2.24, 2.45) is 0 Å². The van der Waals surface area contributed by atoms with Crippen molar-refractivity contribution >= 4 is 11.6 Å². The number of halogens is 1. The molecule has 2 aromatic carbocycles. The van der Waals surface area contributed by atoms with Crippen molar-refractivity contribution in [1.29, 1.82) is 0 Å². The molecule has 0 amide bonds. The fourth-order valence-corrected chi connectivity index (χ4v) is 2.36. The Bertz CT molecular complexity index is 626. The summed E-state index contributed by atoms with van der Waals surface area (Å²) in [5.41, 5.74) is 1.97. The van der Waals surface area contributed by atoms with Crippen LogP contribution in [0.25, 0.3) is 0 Å². The molecule has 3 rings (SSSR count). The zero-order valence-corrected chi connectivity index (χ0v) is 12.4. The van der Waals surface area contributed by atoms with E-state index in [1.165, 1.54) is 12.8 Å². The average Bonchev–Trinajstić information content (AvgIpc) is 3.32. The molecule has 0 aromatic heterocycles. The van der Waals surface area contributed by atoms with Crippen LogP contribution in [0.4, 0.5) is 0 Å². The molecule has 1 aliphatic rings. The van der Waals surface area contributed by atoms with Crippen LogP contribution >= 0.6 is 11.6 Å². The topological polar surface area (TPSA) is 41.5 Å². The van der Waals surface area contributed by atoms with Crippen LogP contribution in [0.2, 0.25) is 5.02 Å². The van der Waals surface area contributed by atoms with Crippen molar-refractivity contribution < 1.29 is 9.84 Å². The van der Waals surface area contributed by atoms with Crippen LogP contribution in [0, 0.1) is 0 Å². The summed E-state index contributed by atoms with van der Waals surface area (Å²) in [6, 6.07) is 13.9. The maximum atomic E-state index is 9.14. The van der Waals surface area contributed by atoms with Gasteiger partial charge < -0.3 is 15.2 Å². The molecule has 21 heavy (non-hydrogen) atoms. The first-order valence-electron chi connectivity index (χ1n) is 7.14. The molecule has 0 aliphatic heterocycles. The predicted octanol–water partition coefficient (Wildman–Crippen LogP) is 3.88. The summed E-state index contributed by atoms with van der Waals surface area (Å²) in [7, 11) is 0. The normalized spacial score (nSPS) is 14.2. The van der Waals surface area contributed by atoms with Crippen LogP contribution < -0.4 is 10.1 Å². The third-order valence-electron chi connectivity index (χ3n) is 3.48. The van der Waals surface area contributed by atoms with E-state index in [0.717, 1.165) is 17.7 Å². The summed E-state index contributed by atoms with van der Waals surface area (Å²) in [6.07, 6.45) is 2.55. The molecule has 1 fully saturated rings. The summed E-state index contributed by atoms with van der Waals surface area (Å²) in [5, 5.41) is 13.2. The summed E-state index contributed by atoms with van der Waals surface area (Å²) >= 11 is 6.28. The first-order chi connectivity index (χ1) is 10.2. The maximum Gasteiger partial charge on any atom is 0.146 e. The van der Waals surface area contributed by atoms with E-state index in [1.807, 2.05) is 36.4 Å². The highest BCUT2D eigenvalue weighted by atomic mass is 35.5. The molecule has 0 spiro atoms. The predicted molar refractivity (Wildman–Crippen MR) is 83.8 cm³/mol. The molecule has 1 saturated carbocycles. The van der Waals surface area contributed by atoms with Crippen molar-refractivity contribution in [3.8, 4) is 11.5 Å². The lowest BCUT2D eigenvalue weighted by molar-refractivity contribution is 0.281. The van der Waals surface area contributed by atoms with Gasteiger partial charge in [-0.15, -0.1) is 0 Å². The van der Waals surface area contributed by atoms with E-state index < -0.39 is 0 Å². The number of hydrogen-bond donors (Lipinski definition) is 2. The highest BCUT2D eigenvalue weighted by molar-refractivity contribution is 6.32. The van der Waals surface area contributed by atoms with Crippen molar-refractivity contribution in [2.45, 2.75) is 32.0 Å². The van der Waals surface area contributed by atoms with Crippen LogP contribution in [-0.2, 0) is 13.2 Å². The van der Waals surface area contributed by atoms with E-state index in [0.29, 0.717) is 22.6 Å². The molecule has 0 saturated heterocycles. The molecule has 0 bridgehead atoms. The smallest absolute Gasteiger partial charge is 0.146 e. The minimum absolute atomic E-state index is 0.00327. The number of ether oxygens (including phenoxy) is 1. The Labute approximate surface area is 129 Å². The number of rotatable bonds is 6. The lowest BCUT2D eigenvalue weighted by Crippen LogP contribution is -2.15. The van der Waals surface area contributed by atoms with Crippen LogP contribution in [0.1, 0.15) is 24.0 Å². The molecule has 4 heteroatoms. The molecule has 0 atom stereocenters. The quantitative estimate of drug-likeness (QED) is 0.851. The molecule has 110 valence electrons. The van der Waals surface area contributed by atoms with Gasteiger partial charge in [0.25, 0.3) is 0 Å². The minimum atomic E-state index is -0.00327. The zero-order chi connectivity index (χ0) is 14.7. The summed E-state index contributed by atoms with van der Waals surface area (Å²) < 4.78 is 5.78. The molecule has 3 nitrogen and oxygen atoms in total. The van der Waals surface area contributed by atoms with Gasteiger partial charge >= 0.3 is 0 Å². The molecule has 1 aliphatic carbocycles. The second kappa shape index (κ2) is 6.48. The van der Waals surface area contributed by atoms with Crippen molar-refractivity contribution in [2.75, 3.05) is 0 Å². The third kappa shape index (κ3) is 3.97. The number of nitrogens with one attached hydrogen (secondary N) is 1. The van der Waals surface area contributed by atoms with Gasteiger partial charge in [-0.05, 0) is 48.2 Å². The highest BCUT2D eigenvalue weighted by Crippen LogP contribution is 2.31. The van der Waals surface area contributed by atoms with E-state index >= 15 is 0 Å².